The summed E-state index contributed by atoms with van der Waals surface area (Å²) in [6.45, 7) is 2.33. The highest BCUT2D eigenvalue weighted by molar-refractivity contribution is 7.80. The van der Waals surface area contributed by atoms with Crippen molar-refractivity contribution in [2.75, 3.05) is 24.6 Å². The molecule has 1 heterocycles. The number of guanidine groups is 1. The predicted molar refractivity (Wildman–Crippen MR) is 154 cm³/mol. The Labute approximate surface area is 228 Å². The third-order valence-corrected chi connectivity index (χ3v) is 7.83. The summed E-state index contributed by atoms with van der Waals surface area (Å²) >= 11 is 5.80. The smallest absolute Gasteiger partial charge is 0.211 e. The van der Waals surface area contributed by atoms with Crippen LogP contribution in [0, 0.1) is 17.4 Å². The molecule has 1 aromatic rings. The standard InChI is InChI=1S/C28H45N7OS/c29-23-32-27(30)34(26-16-18-31-19-17-26)20-10-2-1-3-11-21-35(36-22-24-12-6-4-7-13-24)28(37)33-25-14-8-5-9-15-25/h16-19,24-25H,1-15,20-22H2,(H2,30,32)(H,33,37). The Balaban J connectivity index is 1.40. The van der Waals surface area contributed by atoms with E-state index in [0.717, 1.165) is 56.1 Å². The maximum atomic E-state index is 8.90. The summed E-state index contributed by atoms with van der Waals surface area (Å²) in [7, 11) is 0. The lowest BCUT2D eigenvalue weighted by Crippen LogP contribution is -2.46. The van der Waals surface area contributed by atoms with Gasteiger partial charge in [-0.1, -0.05) is 57.8 Å². The van der Waals surface area contributed by atoms with E-state index in [9.17, 15) is 0 Å². The van der Waals surface area contributed by atoms with E-state index in [-0.39, 0.29) is 5.96 Å². The number of nitrogens with two attached hydrogens (primary N) is 1. The van der Waals surface area contributed by atoms with Crippen LogP contribution in [0.3, 0.4) is 0 Å². The highest BCUT2D eigenvalue weighted by Crippen LogP contribution is 2.24. The Morgan fingerprint density at radius 3 is 2.30 bits per heavy atom. The summed E-state index contributed by atoms with van der Waals surface area (Å²) in [6.07, 6.45) is 23.4. The second-order valence-corrected chi connectivity index (χ2v) is 10.8. The Morgan fingerprint density at radius 1 is 1.00 bits per heavy atom. The molecule has 0 aliphatic heterocycles. The molecule has 3 N–H and O–H groups in total. The van der Waals surface area contributed by atoms with Crippen molar-refractivity contribution < 1.29 is 4.84 Å². The van der Waals surface area contributed by atoms with Crippen molar-refractivity contribution in [3.63, 3.8) is 0 Å². The quantitative estimate of drug-likeness (QED) is 0.0846. The molecule has 0 aromatic carbocycles. The first-order chi connectivity index (χ1) is 18.2. The first-order valence-electron chi connectivity index (χ1n) is 14.3. The van der Waals surface area contributed by atoms with Crippen LogP contribution in [-0.4, -0.2) is 46.9 Å². The lowest BCUT2D eigenvalue weighted by atomic mass is 9.90. The molecule has 2 saturated carbocycles. The highest BCUT2D eigenvalue weighted by atomic mass is 32.1. The summed E-state index contributed by atoms with van der Waals surface area (Å²) in [5.74, 6) is 0.882. The van der Waals surface area contributed by atoms with Gasteiger partial charge in [0.2, 0.25) is 12.2 Å². The molecule has 0 atom stereocenters. The summed E-state index contributed by atoms with van der Waals surface area (Å²) < 4.78 is 0. The number of aliphatic imine (C=N–C) groups is 1. The lowest BCUT2D eigenvalue weighted by molar-refractivity contribution is -0.118. The van der Waals surface area contributed by atoms with Gasteiger partial charge in [-0.05, 0) is 68.8 Å². The zero-order valence-electron chi connectivity index (χ0n) is 22.3. The average molecular weight is 528 g/mol. The van der Waals surface area contributed by atoms with Gasteiger partial charge in [-0.15, -0.1) is 4.99 Å². The van der Waals surface area contributed by atoms with Gasteiger partial charge in [-0.3, -0.25) is 9.82 Å². The number of pyridine rings is 1. The van der Waals surface area contributed by atoms with Crippen LogP contribution in [0.5, 0.6) is 0 Å². The van der Waals surface area contributed by atoms with Crippen molar-refractivity contribution >= 4 is 29.0 Å². The molecule has 0 amide bonds. The van der Waals surface area contributed by atoms with Gasteiger partial charge in [0.25, 0.3) is 0 Å². The van der Waals surface area contributed by atoms with E-state index in [1.165, 1.54) is 64.2 Å². The van der Waals surface area contributed by atoms with Gasteiger partial charge < -0.3 is 16.0 Å². The highest BCUT2D eigenvalue weighted by Gasteiger charge is 2.20. The van der Waals surface area contributed by atoms with Gasteiger partial charge >= 0.3 is 0 Å². The Kier molecular flexibility index (Phi) is 13.5. The monoisotopic (exact) mass is 527 g/mol. The van der Waals surface area contributed by atoms with Gasteiger partial charge in [0.1, 0.15) is 0 Å². The fourth-order valence-electron chi connectivity index (χ4n) is 5.33. The molecule has 2 aliphatic rings. The number of thiocarbonyl (C=S) groups is 1. The minimum atomic E-state index is 0.221. The molecule has 8 nitrogen and oxygen atoms in total. The minimum absolute atomic E-state index is 0.221. The number of anilines is 1. The SMILES string of the molecule is N#CN=C(N)N(CCCCCCCN(OCC1CCCCC1)C(=S)NC1CCCCC1)c1ccncc1. The molecule has 9 heteroatoms. The number of nitrogens with one attached hydrogen (secondary N) is 1. The van der Waals surface area contributed by atoms with Crippen molar-refractivity contribution in [1.82, 2.24) is 15.4 Å². The molecule has 2 fully saturated rings. The number of rotatable bonds is 13. The van der Waals surface area contributed by atoms with E-state index in [0.29, 0.717) is 18.5 Å². The average Bonchev–Trinajstić information content (AvgIpc) is 2.93. The van der Waals surface area contributed by atoms with Gasteiger partial charge in [0.15, 0.2) is 5.11 Å². The lowest BCUT2D eigenvalue weighted by Gasteiger charge is -2.31. The Hall–Kier alpha value is -2.44. The van der Waals surface area contributed by atoms with Crippen LogP contribution in [0.1, 0.15) is 96.3 Å². The molecular weight excluding hydrogens is 482 g/mol. The molecule has 204 valence electrons. The van der Waals surface area contributed by atoms with Gasteiger partial charge in [0, 0.05) is 37.2 Å². The number of hydroxylamine groups is 2. The number of nitriles is 1. The van der Waals surface area contributed by atoms with Crippen LogP contribution in [0.4, 0.5) is 5.69 Å². The van der Waals surface area contributed by atoms with Crippen LogP contribution in [0.15, 0.2) is 29.5 Å². The predicted octanol–water partition coefficient (Wildman–Crippen LogP) is 5.66. The summed E-state index contributed by atoms with van der Waals surface area (Å²) in [5.41, 5.74) is 6.93. The Bertz CT molecular complexity index is 848. The summed E-state index contributed by atoms with van der Waals surface area (Å²) in [4.78, 5) is 16.0. The van der Waals surface area contributed by atoms with Gasteiger partial charge in [-0.25, -0.2) is 5.06 Å². The first-order valence-corrected chi connectivity index (χ1v) is 14.7. The third-order valence-electron chi connectivity index (χ3n) is 7.51. The van der Waals surface area contributed by atoms with Crippen molar-refractivity contribution in [2.45, 2.75) is 102 Å². The van der Waals surface area contributed by atoms with E-state index in [1.54, 1.807) is 18.6 Å². The molecule has 1 aromatic heterocycles. The van der Waals surface area contributed by atoms with E-state index in [4.69, 9.17) is 28.1 Å². The largest absolute Gasteiger partial charge is 0.369 e. The number of hydrogen-bond acceptors (Lipinski definition) is 5. The zero-order valence-corrected chi connectivity index (χ0v) is 23.1. The molecule has 2 aliphatic carbocycles. The maximum absolute atomic E-state index is 8.90. The number of hydrogen-bond donors (Lipinski definition) is 2. The van der Waals surface area contributed by atoms with Crippen LogP contribution in [0.25, 0.3) is 0 Å². The normalized spacial score (nSPS) is 17.2. The molecule has 37 heavy (non-hydrogen) atoms. The fraction of sp³-hybridized carbons (Fsp3) is 0.714. The second kappa shape index (κ2) is 17.1. The maximum Gasteiger partial charge on any atom is 0.211 e. The summed E-state index contributed by atoms with van der Waals surface area (Å²) in [6, 6.07) is 4.25. The van der Waals surface area contributed by atoms with Crippen LogP contribution >= 0.6 is 12.2 Å². The summed E-state index contributed by atoms with van der Waals surface area (Å²) in [5, 5.41) is 15.2. The number of unbranched alkanes of at least 4 members (excludes halogenated alkanes) is 4. The third kappa shape index (κ3) is 10.8. The molecule has 0 radical (unpaired) electrons. The number of aromatic nitrogens is 1. The number of nitrogens with zero attached hydrogens (tertiary/aromatic N) is 5. The molecule has 3 rings (SSSR count). The minimum Gasteiger partial charge on any atom is -0.369 e. The van der Waals surface area contributed by atoms with E-state index >= 15 is 0 Å². The van der Waals surface area contributed by atoms with Crippen molar-refractivity contribution in [3.05, 3.63) is 24.5 Å². The van der Waals surface area contributed by atoms with E-state index in [1.807, 2.05) is 22.1 Å². The van der Waals surface area contributed by atoms with Crippen LogP contribution < -0.4 is 16.0 Å². The molecule has 0 saturated heterocycles. The second-order valence-electron chi connectivity index (χ2n) is 10.4. The van der Waals surface area contributed by atoms with Gasteiger partial charge in [0.05, 0.1) is 6.61 Å². The van der Waals surface area contributed by atoms with Crippen molar-refractivity contribution in [2.24, 2.45) is 16.6 Å². The fourth-order valence-corrected chi connectivity index (χ4v) is 5.65. The molecule has 0 bridgehead atoms. The topological polar surface area (TPSA) is 103 Å². The first kappa shape index (κ1) is 29.1. The Morgan fingerprint density at radius 2 is 1.62 bits per heavy atom. The van der Waals surface area contributed by atoms with Crippen molar-refractivity contribution in [1.29, 1.82) is 5.26 Å². The van der Waals surface area contributed by atoms with Gasteiger partial charge in [-0.2, -0.15) is 5.26 Å². The zero-order chi connectivity index (χ0) is 26.1. The molecule has 0 unspecified atom stereocenters. The van der Waals surface area contributed by atoms with E-state index < -0.39 is 0 Å². The van der Waals surface area contributed by atoms with Crippen molar-refractivity contribution in [3.8, 4) is 6.19 Å². The molecule has 0 spiro atoms. The van der Waals surface area contributed by atoms with Crippen LogP contribution in [-0.2, 0) is 4.84 Å². The van der Waals surface area contributed by atoms with E-state index in [2.05, 4.69) is 15.3 Å². The van der Waals surface area contributed by atoms with Crippen LogP contribution in [0.2, 0.25) is 0 Å². The molecular formula is C28H45N7OS.